The second-order valence-electron chi connectivity index (χ2n) is 5.14. The van der Waals surface area contributed by atoms with Crippen LogP contribution in [0.5, 0.6) is 5.75 Å². The summed E-state index contributed by atoms with van der Waals surface area (Å²) >= 11 is 1.83. The molecule has 1 aromatic rings. The maximum atomic E-state index is 10.5. The summed E-state index contributed by atoms with van der Waals surface area (Å²) in [6, 6.07) is 5.70. The molecule has 0 heterocycles. The quantitative estimate of drug-likeness (QED) is 0.833. The number of hydrogen-bond donors (Lipinski definition) is 1. The summed E-state index contributed by atoms with van der Waals surface area (Å²) < 4.78 is 5.52. The molecule has 0 bridgehead atoms. The van der Waals surface area contributed by atoms with Crippen LogP contribution in [-0.2, 0) is 10.5 Å². The molecule has 0 aliphatic rings. The summed E-state index contributed by atoms with van der Waals surface area (Å²) in [6.45, 7) is 6.50. The van der Waals surface area contributed by atoms with E-state index in [0.717, 1.165) is 28.7 Å². The predicted molar refractivity (Wildman–Crippen MR) is 80.7 cm³/mol. The van der Waals surface area contributed by atoms with Crippen LogP contribution in [0.1, 0.15) is 31.9 Å². The summed E-state index contributed by atoms with van der Waals surface area (Å²) in [5.41, 5.74) is 1.95. The smallest absolute Gasteiger partial charge is 0.328 e. The molecule has 0 unspecified atom stereocenters. The lowest BCUT2D eigenvalue weighted by Crippen LogP contribution is -2.07. The van der Waals surface area contributed by atoms with Crippen LogP contribution in [0.3, 0.4) is 0 Å². The number of carboxylic acids is 1. The summed E-state index contributed by atoms with van der Waals surface area (Å²) in [7, 11) is 1.65. The molecule has 3 nitrogen and oxygen atoms in total. The van der Waals surface area contributed by atoms with E-state index in [1.807, 2.05) is 30.0 Å². The third-order valence-corrected chi connectivity index (χ3v) is 3.70. The number of ether oxygens (including phenoxy) is 1. The van der Waals surface area contributed by atoms with E-state index in [1.165, 1.54) is 0 Å². The zero-order chi connectivity index (χ0) is 14.5. The van der Waals surface area contributed by atoms with E-state index in [2.05, 4.69) is 20.8 Å². The zero-order valence-electron chi connectivity index (χ0n) is 11.8. The highest BCUT2D eigenvalue weighted by Crippen LogP contribution is 2.31. The van der Waals surface area contributed by atoms with Gasteiger partial charge in [0, 0.05) is 22.1 Å². The molecule has 0 spiro atoms. The Morgan fingerprint density at radius 3 is 2.63 bits per heavy atom. The summed E-state index contributed by atoms with van der Waals surface area (Å²) in [6.07, 6.45) is 2.73. The molecule has 0 aliphatic heterocycles. The number of thioether (sulfide) groups is 1. The van der Waals surface area contributed by atoms with Crippen molar-refractivity contribution in [3.8, 4) is 5.75 Å². The van der Waals surface area contributed by atoms with Gasteiger partial charge in [0.2, 0.25) is 0 Å². The first kappa shape index (κ1) is 15.6. The molecule has 0 radical (unpaired) electrons. The first-order valence-electron chi connectivity index (χ1n) is 6.04. The molecule has 1 rings (SSSR count). The minimum atomic E-state index is -0.943. The van der Waals surface area contributed by atoms with Gasteiger partial charge in [0.25, 0.3) is 0 Å². The van der Waals surface area contributed by atoms with Crippen molar-refractivity contribution in [1.82, 2.24) is 0 Å². The van der Waals surface area contributed by atoms with Crippen molar-refractivity contribution >= 4 is 23.8 Å². The number of aliphatic carboxylic acids is 1. The van der Waals surface area contributed by atoms with E-state index < -0.39 is 5.97 Å². The van der Waals surface area contributed by atoms with Crippen molar-refractivity contribution in [3.05, 3.63) is 35.4 Å². The molecule has 0 amide bonds. The summed E-state index contributed by atoms with van der Waals surface area (Å²) in [5.74, 6) is 0.729. The van der Waals surface area contributed by atoms with Crippen LogP contribution in [0.15, 0.2) is 24.3 Å². The van der Waals surface area contributed by atoms with Crippen LogP contribution in [0.4, 0.5) is 0 Å². The Morgan fingerprint density at radius 1 is 1.42 bits per heavy atom. The second-order valence-corrected chi connectivity index (χ2v) is 6.95. The van der Waals surface area contributed by atoms with Gasteiger partial charge in [-0.2, -0.15) is 11.8 Å². The molecule has 4 heteroatoms. The van der Waals surface area contributed by atoms with Gasteiger partial charge in [0.05, 0.1) is 7.11 Å². The Balaban J connectivity index is 2.93. The fraction of sp³-hybridized carbons (Fsp3) is 0.400. The van der Waals surface area contributed by atoms with Gasteiger partial charge >= 0.3 is 5.97 Å². The van der Waals surface area contributed by atoms with Crippen LogP contribution < -0.4 is 4.74 Å². The van der Waals surface area contributed by atoms with E-state index in [9.17, 15) is 4.79 Å². The minimum Gasteiger partial charge on any atom is -0.496 e. The molecule has 19 heavy (non-hydrogen) atoms. The Morgan fingerprint density at radius 2 is 2.11 bits per heavy atom. The third kappa shape index (κ3) is 5.83. The Bertz CT molecular complexity index is 473. The van der Waals surface area contributed by atoms with Crippen molar-refractivity contribution in [3.63, 3.8) is 0 Å². The lowest BCUT2D eigenvalue weighted by Gasteiger charge is -2.18. The molecule has 0 saturated heterocycles. The molecule has 0 aromatic heterocycles. The number of benzene rings is 1. The SMILES string of the molecule is COc1ccc(/C=C/C(=O)O)cc1CSC(C)(C)C. The monoisotopic (exact) mass is 280 g/mol. The molecule has 1 aromatic carbocycles. The molecule has 1 N–H and O–H groups in total. The first-order valence-corrected chi connectivity index (χ1v) is 7.02. The standard InChI is InChI=1S/C15H20O3S/c1-15(2,3)19-10-12-9-11(6-8-14(16)17)5-7-13(12)18-4/h5-9H,10H2,1-4H3,(H,16,17)/b8-6+. The van der Waals surface area contributed by atoms with Crippen LogP contribution in [-0.4, -0.2) is 22.9 Å². The van der Waals surface area contributed by atoms with E-state index in [0.29, 0.717) is 0 Å². The van der Waals surface area contributed by atoms with Crippen molar-refractivity contribution in [2.45, 2.75) is 31.3 Å². The second kappa shape index (κ2) is 6.66. The normalized spacial score (nSPS) is 11.8. The number of carbonyl (C=O) groups is 1. The molecule has 0 saturated carbocycles. The van der Waals surface area contributed by atoms with Crippen LogP contribution in [0.2, 0.25) is 0 Å². The predicted octanol–water partition coefficient (Wildman–Crippen LogP) is 3.82. The van der Waals surface area contributed by atoms with Crippen molar-refractivity contribution in [2.75, 3.05) is 7.11 Å². The van der Waals surface area contributed by atoms with Gasteiger partial charge in [-0.1, -0.05) is 26.8 Å². The fourth-order valence-corrected chi connectivity index (χ4v) is 2.29. The van der Waals surface area contributed by atoms with Gasteiger partial charge in [-0.25, -0.2) is 4.79 Å². The maximum Gasteiger partial charge on any atom is 0.328 e. The molecular weight excluding hydrogens is 260 g/mol. The van der Waals surface area contributed by atoms with Gasteiger partial charge in [-0.15, -0.1) is 0 Å². The van der Waals surface area contributed by atoms with E-state index in [4.69, 9.17) is 9.84 Å². The van der Waals surface area contributed by atoms with Gasteiger partial charge in [0.1, 0.15) is 5.75 Å². The topological polar surface area (TPSA) is 46.5 Å². The average molecular weight is 280 g/mol. The molecule has 104 valence electrons. The van der Waals surface area contributed by atoms with Gasteiger partial charge in [-0.3, -0.25) is 0 Å². The number of carboxylic acid groups (broad SMARTS) is 1. The lowest BCUT2D eigenvalue weighted by atomic mass is 10.1. The first-order chi connectivity index (χ1) is 8.81. The number of rotatable bonds is 5. The largest absolute Gasteiger partial charge is 0.496 e. The van der Waals surface area contributed by atoms with Crippen LogP contribution in [0, 0.1) is 0 Å². The van der Waals surface area contributed by atoms with Crippen LogP contribution in [0.25, 0.3) is 6.08 Å². The van der Waals surface area contributed by atoms with E-state index >= 15 is 0 Å². The molecule has 0 atom stereocenters. The van der Waals surface area contributed by atoms with E-state index in [-0.39, 0.29) is 4.75 Å². The Hall–Kier alpha value is -1.42. The number of hydrogen-bond acceptors (Lipinski definition) is 3. The van der Waals surface area contributed by atoms with Crippen LogP contribution >= 0.6 is 11.8 Å². The number of methoxy groups -OCH3 is 1. The highest BCUT2D eigenvalue weighted by molar-refractivity contribution is 7.99. The maximum absolute atomic E-state index is 10.5. The lowest BCUT2D eigenvalue weighted by molar-refractivity contribution is -0.131. The highest BCUT2D eigenvalue weighted by atomic mass is 32.2. The van der Waals surface area contributed by atoms with E-state index in [1.54, 1.807) is 13.2 Å². The average Bonchev–Trinajstić information content (AvgIpc) is 2.33. The summed E-state index contributed by atoms with van der Waals surface area (Å²) in [5, 5.41) is 8.64. The zero-order valence-corrected chi connectivity index (χ0v) is 12.6. The van der Waals surface area contributed by atoms with Crippen molar-refractivity contribution in [2.24, 2.45) is 0 Å². The Kier molecular flexibility index (Phi) is 5.48. The van der Waals surface area contributed by atoms with Crippen molar-refractivity contribution in [1.29, 1.82) is 0 Å². The third-order valence-electron chi connectivity index (χ3n) is 2.38. The summed E-state index contributed by atoms with van der Waals surface area (Å²) in [4.78, 5) is 10.5. The Labute approximate surface area is 118 Å². The van der Waals surface area contributed by atoms with Gasteiger partial charge < -0.3 is 9.84 Å². The fourth-order valence-electron chi connectivity index (χ4n) is 1.48. The minimum absolute atomic E-state index is 0.178. The van der Waals surface area contributed by atoms with Gasteiger partial charge in [0.15, 0.2) is 0 Å². The van der Waals surface area contributed by atoms with Gasteiger partial charge in [-0.05, 0) is 23.8 Å². The van der Waals surface area contributed by atoms with Crippen molar-refractivity contribution < 1.29 is 14.6 Å². The molecule has 0 aliphatic carbocycles. The highest BCUT2D eigenvalue weighted by Gasteiger charge is 2.12. The molecular formula is C15H20O3S. The molecule has 0 fully saturated rings.